The maximum Gasteiger partial charge on any atom is 0.0444 e. The minimum absolute atomic E-state index is 0.807. The van der Waals surface area contributed by atoms with E-state index >= 15 is 0 Å². The molecule has 1 aromatic carbocycles. The van der Waals surface area contributed by atoms with Gasteiger partial charge in [-0.15, -0.1) is 0 Å². The molecule has 0 nitrogen and oxygen atoms in total. The van der Waals surface area contributed by atoms with E-state index in [1.54, 1.807) is 6.07 Å². The standard InChI is InChI=1S/C8H7BrCl/c9-6-5-7-3-1-2-4-8(7)10/h1,3-4H,5-6H2. The normalized spacial score (nSPS) is 9.80. The van der Waals surface area contributed by atoms with Crippen LogP contribution in [0.2, 0.25) is 5.02 Å². The quantitative estimate of drug-likeness (QED) is 0.669. The third-order valence-corrected chi connectivity index (χ3v) is 2.01. The molecule has 0 N–H and O–H groups in total. The number of aryl methyl sites for hydroxylation is 1. The second kappa shape index (κ2) is 3.99. The molecule has 0 aliphatic carbocycles. The summed E-state index contributed by atoms with van der Waals surface area (Å²) in [5.74, 6) is 0. The van der Waals surface area contributed by atoms with Crippen LogP contribution in [0, 0.1) is 6.07 Å². The largest absolute Gasteiger partial charge is 0.0924 e. The molecule has 0 saturated heterocycles. The van der Waals surface area contributed by atoms with Gasteiger partial charge in [0, 0.05) is 10.4 Å². The summed E-state index contributed by atoms with van der Waals surface area (Å²) in [6.07, 6.45) is 0.980. The Kier molecular flexibility index (Phi) is 3.23. The van der Waals surface area contributed by atoms with Crippen molar-refractivity contribution in [1.29, 1.82) is 0 Å². The number of rotatable bonds is 2. The molecule has 0 aliphatic heterocycles. The van der Waals surface area contributed by atoms with E-state index in [0.717, 1.165) is 16.8 Å². The molecule has 2 heteroatoms. The van der Waals surface area contributed by atoms with Gasteiger partial charge in [-0.2, -0.15) is 0 Å². The van der Waals surface area contributed by atoms with Gasteiger partial charge in [-0.05, 0) is 24.1 Å². The Morgan fingerprint density at radius 2 is 2.40 bits per heavy atom. The molecule has 53 valence electrons. The van der Waals surface area contributed by atoms with Crippen molar-refractivity contribution in [2.75, 3.05) is 5.33 Å². The molecule has 10 heavy (non-hydrogen) atoms. The lowest BCUT2D eigenvalue weighted by atomic mass is 10.2. The zero-order chi connectivity index (χ0) is 7.40. The summed E-state index contributed by atoms with van der Waals surface area (Å²) in [5, 5.41) is 1.76. The van der Waals surface area contributed by atoms with E-state index < -0.39 is 0 Å². The highest BCUT2D eigenvalue weighted by atomic mass is 79.9. The van der Waals surface area contributed by atoms with Crippen LogP contribution in [0.25, 0.3) is 0 Å². The van der Waals surface area contributed by atoms with Crippen molar-refractivity contribution >= 4 is 27.5 Å². The molecule has 1 rings (SSSR count). The maximum absolute atomic E-state index is 5.85. The maximum atomic E-state index is 5.85. The fourth-order valence-electron chi connectivity index (χ4n) is 0.747. The van der Waals surface area contributed by atoms with Crippen LogP contribution >= 0.6 is 27.5 Å². The van der Waals surface area contributed by atoms with Crippen LogP contribution in [-0.4, -0.2) is 5.33 Å². The van der Waals surface area contributed by atoms with E-state index in [0.29, 0.717) is 0 Å². The topological polar surface area (TPSA) is 0 Å². The van der Waals surface area contributed by atoms with E-state index in [1.807, 2.05) is 12.1 Å². The Balaban J connectivity index is 2.81. The van der Waals surface area contributed by atoms with Crippen molar-refractivity contribution in [2.24, 2.45) is 0 Å². The first-order chi connectivity index (χ1) is 4.84. The zero-order valence-electron chi connectivity index (χ0n) is 5.40. The highest BCUT2D eigenvalue weighted by Crippen LogP contribution is 2.15. The molecular weight excluding hydrogens is 211 g/mol. The van der Waals surface area contributed by atoms with Crippen molar-refractivity contribution in [3.8, 4) is 0 Å². The van der Waals surface area contributed by atoms with Gasteiger partial charge in [0.05, 0.1) is 0 Å². The summed E-state index contributed by atoms with van der Waals surface area (Å²) < 4.78 is 0. The minimum Gasteiger partial charge on any atom is -0.0924 e. The van der Waals surface area contributed by atoms with Gasteiger partial charge >= 0.3 is 0 Å². The first-order valence-electron chi connectivity index (χ1n) is 3.05. The van der Waals surface area contributed by atoms with Crippen molar-refractivity contribution in [3.05, 3.63) is 34.9 Å². The first-order valence-corrected chi connectivity index (χ1v) is 4.55. The van der Waals surface area contributed by atoms with Gasteiger partial charge in [0.2, 0.25) is 0 Å². The van der Waals surface area contributed by atoms with E-state index in [1.165, 1.54) is 5.56 Å². The van der Waals surface area contributed by atoms with Gasteiger partial charge < -0.3 is 0 Å². The lowest BCUT2D eigenvalue weighted by molar-refractivity contribution is 1.17. The predicted octanol–water partition coefficient (Wildman–Crippen LogP) is 3.08. The Morgan fingerprint density at radius 1 is 1.60 bits per heavy atom. The first kappa shape index (κ1) is 8.09. The van der Waals surface area contributed by atoms with Crippen LogP contribution in [0.1, 0.15) is 5.56 Å². The third kappa shape index (κ3) is 1.99. The zero-order valence-corrected chi connectivity index (χ0v) is 7.74. The molecule has 1 aromatic rings. The van der Waals surface area contributed by atoms with Crippen molar-refractivity contribution in [1.82, 2.24) is 0 Å². The second-order valence-electron chi connectivity index (χ2n) is 1.96. The van der Waals surface area contributed by atoms with Gasteiger partial charge in [0.1, 0.15) is 0 Å². The molecule has 0 fully saturated rings. The molecule has 0 aromatic heterocycles. The van der Waals surface area contributed by atoms with Crippen LogP contribution in [0.3, 0.4) is 0 Å². The lowest BCUT2D eigenvalue weighted by Crippen LogP contribution is -1.85. The summed E-state index contributed by atoms with van der Waals surface area (Å²) >= 11 is 9.20. The summed E-state index contributed by atoms with van der Waals surface area (Å²) in [6.45, 7) is 0. The smallest absolute Gasteiger partial charge is 0.0444 e. The predicted molar refractivity (Wildman–Crippen MR) is 47.8 cm³/mol. The van der Waals surface area contributed by atoms with Crippen molar-refractivity contribution in [3.63, 3.8) is 0 Å². The fourth-order valence-corrected chi connectivity index (χ4v) is 1.39. The van der Waals surface area contributed by atoms with E-state index in [9.17, 15) is 0 Å². The summed E-state index contributed by atoms with van der Waals surface area (Å²) in [6, 6.07) is 8.57. The molecule has 0 bridgehead atoms. The highest BCUT2D eigenvalue weighted by molar-refractivity contribution is 9.09. The highest BCUT2D eigenvalue weighted by Gasteiger charge is 1.95. The van der Waals surface area contributed by atoms with Gasteiger partial charge in [-0.25, -0.2) is 0 Å². The van der Waals surface area contributed by atoms with E-state index in [2.05, 4.69) is 22.0 Å². The molecule has 0 amide bonds. The average Bonchev–Trinajstić information content (AvgIpc) is 1.94. The third-order valence-electron chi connectivity index (χ3n) is 1.26. The van der Waals surface area contributed by atoms with E-state index in [-0.39, 0.29) is 0 Å². The Labute approximate surface area is 74.3 Å². The molecule has 0 spiro atoms. The van der Waals surface area contributed by atoms with Crippen LogP contribution in [0.5, 0.6) is 0 Å². The summed E-state index contributed by atoms with van der Waals surface area (Å²) in [4.78, 5) is 0. The molecule has 0 unspecified atom stereocenters. The van der Waals surface area contributed by atoms with Gasteiger partial charge in [0.15, 0.2) is 0 Å². The van der Waals surface area contributed by atoms with Crippen LogP contribution in [0.4, 0.5) is 0 Å². The van der Waals surface area contributed by atoms with Gasteiger partial charge in [-0.1, -0.05) is 39.7 Å². The monoisotopic (exact) mass is 217 g/mol. The Hall–Kier alpha value is -0.0100. The van der Waals surface area contributed by atoms with Crippen molar-refractivity contribution in [2.45, 2.75) is 6.42 Å². The Bertz CT molecular complexity index is 210. The number of halogens is 2. The minimum atomic E-state index is 0.807. The molecule has 0 heterocycles. The van der Waals surface area contributed by atoms with Crippen molar-refractivity contribution < 1.29 is 0 Å². The van der Waals surface area contributed by atoms with Gasteiger partial charge in [-0.3, -0.25) is 0 Å². The summed E-state index contributed by atoms with van der Waals surface area (Å²) in [7, 11) is 0. The average molecular weight is 219 g/mol. The number of benzene rings is 1. The molecular formula is C8H7BrCl. The van der Waals surface area contributed by atoms with Crippen LogP contribution in [0.15, 0.2) is 18.2 Å². The van der Waals surface area contributed by atoms with E-state index in [4.69, 9.17) is 11.6 Å². The summed E-state index contributed by atoms with van der Waals surface area (Å²) in [5.41, 5.74) is 1.18. The number of hydrogen-bond acceptors (Lipinski definition) is 0. The molecule has 0 aliphatic rings. The van der Waals surface area contributed by atoms with Crippen LogP contribution < -0.4 is 0 Å². The van der Waals surface area contributed by atoms with Crippen LogP contribution in [-0.2, 0) is 6.42 Å². The fraction of sp³-hybridized carbons (Fsp3) is 0.250. The molecule has 0 saturated carbocycles. The lowest BCUT2D eigenvalue weighted by Gasteiger charge is -1.98. The second-order valence-corrected chi connectivity index (χ2v) is 3.16. The SMILES string of the molecule is Clc1c[c]ccc1CCBr. The molecule has 0 atom stereocenters. The number of alkyl halides is 1. The number of hydrogen-bond donors (Lipinski definition) is 0. The Morgan fingerprint density at radius 3 is 3.00 bits per heavy atom. The molecule has 1 radical (unpaired) electrons. The van der Waals surface area contributed by atoms with Gasteiger partial charge in [0.25, 0.3) is 0 Å².